The minimum absolute atomic E-state index is 0.527. The number of nitrogens with one attached hydrogen (secondary N) is 1. The first-order valence-electron chi connectivity index (χ1n) is 6.36. The molecule has 0 saturated carbocycles. The molecule has 1 N–H and O–H groups in total. The van der Waals surface area contributed by atoms with Crippen molar-refractivity contribution in [3.05, 3.63) is 21.9 Å². The lowest BCUT2D eigenvalue weighted by molar-refractivity contribution is 0.307. The van der Waals surface area contributed by atoms with Gasteiger partial charge in [0.15, 0.2) is 0 Å². The molecule has 1 rings (SSSR count). The molecule has 1 aromatic heterocycles. The van der Waals surface area contributed by atoms with Gasteiger partial charge in [0.25, 0.3) is 0 Å². The van der Waals surface area contributed by atoms with E-state index in [1.165, 1.54) is 16.2 Å². The molecule has 1 nitrogen and oxygen atoms in total. The van der Waals surface area contributed by atoms with Crippen molar-refractivity contribution in [2.24, 2.45) is 11.8 Å². The van der Waals surface area contributed by atoms with E-state index in [0.717, 1.165) is 12.5 Å². The standard InChI is InChI=1S/C14H25NS/c1-6-9-15-14(12(5)10(2)3)13-8-7-11(4)16-13/h7-8,10,12,14-15H,6,9H2,1-5H3. The van der Waals surface area contributed by atoms with Crippen molar-refractivity contribution in [2.75, 3.05) is 6.54 Å². The third kappa shape index (κ3) is 3.60. The fourth-order valence-electron chi connectivity index (χ4n) is 1.85. The Morgan fingerprint density at radius 3 is 2.38 bits per heavy atom. The fraction of sp³-hybridized carbons (Fsp3) is 0.714. The van der Waals surface area contributed by atoms with E-state index in [9.17, 15) is 0 Å². The van der Waals surface area contributed by atoms with E-state index in [4.69, 9.17) is 0 Å². The molecule has 0 spiro atoms. The highest BCUT2D eigenvalue weighted by Gasteiger charge is 2.22. The topological polar surface area (TPSA) is 12.0 Å². The summed E-state index contributed by atoms with van der Waals surface area (Å²) >= 11 is 1.93. The smallest absolute Gasteiger partial charge is 0.0443 e. The highest BCUT2D eigenvalue weighted by Crippen LogP contribution is 2.32. The first kappa shape index (κ1) is 13.7. The predicted molar refractivity (Wildman–Crippen MR) is 74.1 cm³/mol. The van der Waals surface area contributed by atoms with Gasteiger partial charge in [-0.15, -0.1) is 11.3 Å². The maximum absolute atomic E-state index is 3.69. The molecule has 0 radical (unpaired) electrons. The first-order valence-corrected chi connectivity index (χ1v) is 7.17. The molecule has 2 heteroatoms. The molecule has 2 unspecified atom stereocenters. The van der Waals surface area contributed by atoms with Crippen molar-refractivity contribution in [1.29, 1.82) is 0 Å². The number of hydrogen-bond acceptors (Lipinski definition) is 2. The average molecular weight is 239 g/mol. The monoisotopic (exact) mass is 239 g/mol. The van der Waals surface area contributed by atoms with Gasteiger partial charge in [-0.3, -0.25) is 0 Å². The second kappa shape index (κ2) is 6.41. The van der Waals surface area contributed by atoms with Crippen LogP contribution in [-0.2, 0) is 0 Å². The summed E-state index contributed by atoms with van der Waals surface area (Å²) in [7, 11) is 0. The molecule has 1 aromatic rings. The van der Waals surface area contributed by atoms with Crippen molar-refractivity contribution in [2.45, 2.75) is 47.1 Å². The van der Waals surface area contributed by atoms with Crippen LogP contribution in [0.25, 0.3) is 0 Å². The van der Waals surface area contributed by atoms with Crippen molar-refractivity contribution >= 4 is 11.3 Å². The summed E-state index contributed by atoms with van der Waals surface area (Å²) in [4.78, 5) is 2.90. The second-order valence-corrected chi connectivity index (χ2v) is 6.30. The molecule has 0 aliphatic rings. The summed E-state index contributed by atoms with van der Waals surface area (Å²) in [6.07, 6.45) is 1.20. The van der Waals surface area contributed by atoms with Crippen molar-refractivity contribution in [3.63, 3.8) is 0 Å². The number of aryl methyl sites for hydroxylation is 1. The molecule has 0 fully saturated rings. The van der Waals surface area contributed by atoms with E-state index in [2.05, 4.69) is 52.1 Å². The largest absolute Gasteiger partial charge is 0.309 e. The number of thiophene rings is 1. The zero-order valence-electron chi connectivity index (χ0n) is 11.2. The quantitative estimate of drug-likeness (QED) is 0.776. The first-order chi connectivity index (χ1) is 7.56. The minimum Gasteiger partial charge on any atom is -0.309 e. The Labute approximate surface area is 104 Å². The van der Waals surface area contributed by atoms with E-state index in [-0.39, 0.29) is 0 Å². The molecule has 92 valence electrons. The molecule has 0 aromatic carbocycles. The normalized spacial score (nSPS) is 15.4. The Hall–Kier alpha value is -0.340. The summed E-state index contributed by atoms with van der Waals surface area (Å²) in [6, 6.07) is 5.04. The van der Waals surface area contributed by atoms with Gasteiger partial charge in [-0.25, -0.2) is 0 Å². The average Bonchev–Trinajstić information content (AvgIpc) is 2.65. The minimum atomic E-state index is 0.527. The van der Waals surface area contributed by atoms with Gasteiger partial charge in [-0.2, -0.15) is 0 Å². The Kier molecular flexibility index (Phi) is 5.50. The zero-order chi connectivity index (χ0) is 12.1. The molecule has 0 aliphatic carbocycles. The summed E-state index contributed by atoms with van der Waals surface area (Å²) in [5.41, 5.74) is 0. The summed E-state index contributed by atoms with van der Waals surface area (Å²) < 4.78 is 0. The van der Waals surface area contributed by atoms with Crippen LogP contribution in [0.2, 0.25) is 0 Å². The SMILES string of the molecule is CCCNC(c1ccc(C)s1)C(C)C(C)C. The Morgan fingerprint density at radius 2 is 1.94 bits per heavy atom. The van der Waals surface area contributed by atoms with Crippen molar-refractivity contribution < 1.29 is 0 Å². The molecule has 2 atom stereocenters. The molecule has 0 saturated heterocycles. The third-order valence-corrected chi connectivity index (χ3v) is 4.34. The molecular weight excluding hydrogens is 214 g/mol. The summed E-state index contributed by atoms with van der Waals surface area (Å²) in [5.74, 6) is 1.40. The highest BCUT2D eigenvalue weighted by molar-refractivity contribution is 7.12. The van der Waals surface area contributed by atoms with Crippen LogP contribution in [0, 0.1) is 18.8 Å². The van der Waals surface area contributed by atoms with Crippen molar-refractivity contribution in [3.8, 4) is 0 Å². The van der Waals surface area contributed by atoms with E-state index < -0.39 is 0 Å². The predicted octanol–water partition coefficient (Wildman–Crippen LogP) is 4.39. The lowest BCUT2D eigenvalue weighted by Crippen LogP contribution is -2.29. The maximum atomic E-state index is 3.69. The van der Waals surface area contributed by atoms with Gasteiger partial charge in [0.1, 0.15) is 0 Å². The number of hydrogen-bond donors (Lipinski definition) is 1. The molecule has 1 heterocycles. The van der Waals surface area contributed by atoms with E-state index in [1.54, 1.807) is 0 Å². The fourth-order valence-corrected chi connectivity index (χ4v) is 2.92. The molecule has 0 bridgehead atoms. The van der Waals surface area contributed by atoms with Crippen LogP contribution in [0.15, 0.2) is 12.1 Å². The zero-order valence-corrected chi connectivity index (χ0v) is 12.0. The van der Waals surface area contributed by atoms with Crippen LogP contribution in [-0.4, -0.2) is 6.54 Å². The van der Waals surface area contributed by atoms with Gasteiger partial charge >= 0.3 is 0 Å². The van der Waals surface area contributed by atoms with Crippen LogP contribution in [0.1, 0.15) is 49.9 Å². The number of rotatable bonds is 6. The lowest BCUT2D eigenvalue weighted by atomic mass is 9.89. The summed E-state index contributed by atoms with van der Waals surface area (Å²) in [5, 5.41) is 3.69. The van der Waals surface area contributed by atoms with Gasteiger partial charge in [0, 0.05) is 15.8 Å². The maximum Gasteiger partial charge on any atom is 0.0443 e. The second-order valence-electron chi connectivity index (χ2n) is 4.98. The van der Waals surface area contributed by atoms with Gasteiger partial charge in [0.2, 0.25) is 0 Å². The van der Waals surface area contributed by atoms with E-state index >= 15 is 0 Å². The molecule has 0 aliphatic heterocycles. The van der Waals surface area contributed by atoms with Crippen LogP contribution in [0.4, 0.5) is 0 Å². The van der Waals surface area contributed by atoms with Gasteiger partial charge in [0.05, 0.1) is 0 Å². The third-order valence-electron chi connectivity index (χ3n) is 3.26. The Balaban J connectivity index is 2.78. The van der Waals surface area contributed by atoms with Gasteiger partial charge in [-0.05, 0) is 43.9 Å². The van der Waals surface area contributed by atoms with Gasteiger partial charge < -0.3 is 5.32 Å². The van der Waals surface area contributed by atoms with Crippen LogP contribution in [0.3, 0.4) is 0 Å². The molecule has 16 heavy (non-hydrogen) atoms. The summed E-state index contributed by atoms with van der Waals surface area (Å²) in [6.45, 7) is 12.5. The molecular formula is C14H25NS. The Morgan fingerprint density at radius 1 is 1.25 bits per heavy atom. The highest BCUT2D eigenvalue weighted by atomic mass is 32.1. The van der Waals surface area contributed by atoms with Crippen LogP contribution in [0.5, 0.6) is 0 Å². The molecule has 0 amide bonds. The lowest BCUT2D eigenvalue weighted by Gasteiger charge is -2.27. The van der Waals surface area contributed by atoms with Crippen molar-refractivity contribution in [1.82, 2.24) is 5.32 Å². The van der Waals surface area contributed by atoms with E-state index in [0.29, 0.717) is 12.0 Å². The van der Waals surface area contributed by atoms with E-state index in [1.807, 2.05) is 11.3 Å². The van der Waals surface area contributed by atoms with Crippen LogP contribution >= 0.6 is 11.3 Å². The van der Waals surface area contributed by atoms with Crippen LogP contribution < -0.4 is 5.32 Å². The Bertz CT molecular complexity index is 303. The van der Waals surface area contributed by atoms with Gasteiger partial charge in [-0.1, -0.05) is 27.7 Å².